The molecule has 6 nitrogen and oxygen atoms in total. The van der Waals surface area contributed by atoms with E-state index in [-0.39, 0.29) is 11.7 Å². The van der Waals surface area contributed by atoms with Crippen LogP contribution in [0.25, 0.3) is 0 Å². The molecule has 0 aliphatic rings. The fourth-order valence-electron chi connectivity index (χ4n) is 0.303. The lowest BCUT2D eigenvalue weighted by molar-refractivity contribution is 0.195. The fourth-order valence-corrected chi connectivity index (χ4v) is 1.17. The van der Waals surface area contributed by atoms with Crippen molar-refractivity contribution in [1.29, 1.82) is 5.41 Å². The number of nitrogens with one attached hydrogen (secondary N) is 1. The van der Waals surface area contributed by atoms with E-state index in [0.717, 1.165) is 0 Å². The van der Waals surface area contributed by atoms with Crippen LogP contribution >= 0.6 is 22.7 Å². The van der Waals surface area contributed by atoms with Gasteiger partial charge in [-0.15, -0.1) is 0 Å². The molecule has 9 heteroatoms. The molecule has 82 valence electrons. The quantitative estimate of drug-likeness (QED) is 0.355. The van der Waals surface area contributed by atoms with Crippen molar-refractivity contribution in [2.24, 2.45) is 0 Å². The lowest BCUT2D eigenvalue weighted by Gasteiger charge is -2.10. The third-order valence-electron chi connectivity index (χ3n) is 1.04. The highest BCUT2D eigenvalue weighted by Gasteiger charge is 2.15. The first-order valence-electron chi connectivity index (χ1n) is 3.25. The number of amides is 1. The monoisotopic (exact) mass is 260 g/mol. The molecule has 0 bridgehead atoms. The Balaban J connectivity index is 3.75. The molecule has 1 unspecified atom stereocenters. The smallest absolute Gasteiger partial charge is 0.434 e. The van der Waals surface area contributed by atoms with Gasteiger partial charge >= 0.3 is 6.09 Å². The van der Waals surface area contributed by atoms with E-state index in [1.807, 2.05) is 0 Å². The number of nitrogens with zero attached hydrogens (tertiary/aromatic N) is 1. The minimum Gasteiger partial charge on any atom is -0.484 e. The fraction of sp³-hybridized carbons (Fsp3) is 0.600. The van der Waals surface area contributed by atoms with Crippen LogP contribution in [0.5, 0.6) is 0 Å². The third kappa shape index (κ3) is 5.30. The number of halogens is 1. The van der Waals surface area contributed by atoms with Gasteiger partial charge in [0, 0.05) is 17.7 Å². The molecule has 0 saturated carbocycles. The van der Waals surface area contributed by atoms with Crippen molar-refractivity contribution >= 4 is 44.9 Å². The number of ether oxygens (including phenoxy) is 1. The summed E-state index contributed by atoms with van der Waals surface area (Å²) in [6.07, 6.45) is -0.841. The molecular weight excluding hydrogens is 252 g/mol. The Hall–Kier alpha value is -0.470. The van der Waals surface area contributed by atoms with E-state index in [9.17, 15) is 9.00 Å². The molecule has 0 aliphatic heterocycles. The first-order valence-corrected chi connectivity index (χ1v) is 6.10. The Bertz CT molecular complexity index is 250. The molecular formula is C5H9ClN2O4S2. The number of hydrogen-bond acceptors (Lipinski definition) is 6. The summed E-state index contributed by atoms with van der Waals surface area (Å²) in [6, 6.07) is 0. The molecule has 1 N–H and O–H groups in total. The second-order valence-electron chi connectivity index (χ2n) is 1.94. The Morgan fingerprint density at radius 2 is 2.29 bits per heavy atom. The predicted molar refractivity (Wildman–Crippen MR) is 55.4 cm³/mol. The van der Waals surface area contributed by atoms with Crippen LogP contribution < -0.4 is 0 Å². The summed E-state index contributed by atoms with van der Waals surface area (Å²) in [6.45, 7) is 0. The number of rotatable bonds is 4. The Labute approximate surface area is 92.7 Å². The molecule has 0 rings (SSSR count). The molecule has 0 spiro atoms. The van der Waals surface area contributed by atoms with Gasteiger partial charge in [-0.25, -0.2) is 13.3 Å². The summed E-state index contributed by atoms with van der Waals surface area (Å²) in [4.78, 5) is 10.9. The standard InChI is InChI=1S/C5H9ClN2O4S2/c1-8(14(6)10)5(9)12-13-3-4(7)11-2/h7H,3H2,1-2H3. The second kappa shape index (κ2) is 6.91. The van der Waals surface area contributed by atoms with Crippen molar-refractivity contribution in [3.63, 3.8) is 0 Å². The lowest BCUT2D eigenvalue weighted by atomic mass is 10.8. The number of methoxy groups -OCH3 is 1. The molecule has 0 radical (unpaired) electrons. The Morgan fingerprint density at radius 1 is 1.71 bits per heavy atom. The van der Waals surface area contributed by atoms with E-state index in [4.69, 9.17) is 16.1 Å². The van der Waals surface area contributed by atoms with E-state index in [0.29, 0.717) is 16.3 Å². The van der Waals surface area contributed by atoms with Gasteiger partial charge in [0.2, 0.25) is 10.2 Å². The molecule has 0 fully saturated rings. The molecule has 0 aromatic rings. The average Bonchev–Trinajstić information content (AvgIpc) is 2.15. The maximum atomic E-state index is 10.9. The molecule has 14 heavy (non-hydrogen) atoms. The van der Waals surface area contributed by atoms with Crippen LogP contribution in [0.4, 0.5) is 4.79 Å². The van der Waals surface area contributed by atoms with E-state index in [2.05, 4.69) is 8.92 Å². The van der Waals surface area contributed by atoms with Gasteiger partial charge in [-0.05, 0) is 0 Å². The molecule has 0 aromatic carbocycles. The minimum absolute atomic E-state index is 0.0301. The van der Waals surface area contributed by atoms with Crippen molar-refractivity contribution in [1.82, 2.24) is 4.31 Å². The van der Waals surface area contributed by atoms with Crippen LogP contribution in [0.1, 0.15) is 0 Å². The van der Waals surface area contributed by atoms with Crippen molar-refractivity contribution in [3.05, 3.63) is 0 Å². The topological polar surface area (TPSA) is 79.7 Å². The average molecular weight is 261 g/mol. The van der Waals surface area contributed by atoms with Crippen LogP contribution in [0, 0.1) is 5.41 Å². The number of hydrogen-bond donors (Lipinski definition) is 1. The summed E-state index contributed by atoms with van der Waals surface area (Å²) in [5.41, 5.74) is 0. The summed E-state index contributed by atoms with van der Waals surface area (Å²) < 4.78 is 20.3. The van der Waals surface area contributed by atoms with Crippen LogP contribution in [-0.4, -0.2) is 40.4 Å². The summed E-state index contributed by atoms with van der Waals surface area (Å²) in [7, 11) is 5.76. The highest BCUT2D eigenvalue weighted by Crippen LogP contribution is 2.08. The van der Waals surface area contributed by atoms with Crippen LogP contribution in [0.3, 0.4) is 0 Å². The van der Waals surface area contributed by atoms with Gasteiger partial charge in [0.05, 0.1) is 19.2 Å². The number of carbonyl (C=O) groups is 1. The van der Waals surface area contributed by atoms with Gasteiger partial charge in [-0.3, -0.25) is 5.41 Å². The highest BCUT2D eigenvalue weighted by molar-refractivity contribution is 8.06. The van der Waals surface area contributed by atoms with Gasteiger partial charge < -0.3 is 8.92 Å². The Kier molecular flexibility index (Phi) is 6.67. The van der Waals surface area contributed by atoms with E-state index >= 15 is 0 Å². The first kappa shape index (κ1) is 13.5. The second-order valence-corrected chi connectivity index (χ2v) is 4.39. The first-order chi connectivity index (χ1) is 6.49. The predicted octanol–water partition coefficient (Wildman–Crippen LogP) is 1.14. The van der Waals surface area contributed by atoms with Gasteiger partial charge in [0.1, 0.15) is 5.75 Å². The van der Waals surface area contributed by atoms with E-state index < -0.39 is 16.3 Å². The largest absolute Gasteiger partial charge is 0.484 e. The zero-order valence-electron chi connectivity index (χ0n) is 7.48. The van der Waals surface area contributed by atoms with Crippen LogP contribution in [0.2, 0.25) is 0 Å². The number of carbonyl (C=O) groups excluding carboxylic acids is 1. The summed E-state index contributed by atoms with van der Waals surface area (Å²) >= 11 is 0.706. The SMILES string of the molecule is COC(=N)CSOC(=O)N(C)S(=O)Cl. The van der Waals surface area contributed by atoms with Crippen LogP contribution in [0.15, 0.2) is 0 Å². The molecule has 0 aromatic heterocycles. The zero-order chi connectivity index (χ0) is 11.1. The summed E-state index contributed by atoms with van der Waals surface area (Å²) in [5.74, 6) is 0.0582. The molecule has 1 atom stereocenters. The van der Waals surface area contributed by atoms with Crippen molar-refractivity contribution in [2.45, 2.75) is 0 Å². The molecule has 1 amide bonds. The zero-order valence-corrected chi connectivity index (χ0v) is 9.87. The van der Waals surface area contributed by atoms with E-state index in [1.54, 1.807) is 0 Å². The van der Waals surface area contributed by atoms with Crippen LogP contribution in [-0.2, 0) is 19.1 Å². The maximum absolute atomic E-state index is 10.9. The lowest BCUT2D eigenvalue weighted by Crippen LogP contribution is -2.25. The maximum Gasteiger partial charge on any atom is 0.434 e. The highest BCUT2D eigenvalue weighted by atomic mass is 35.7. The van der Waals surface area contributed by atoms with Crippen molar-refractivity contribution in [3.8, 4) is 0 Å². The van der Waals surface area contributed by atoms with Gasteiger partial charge in [-0.1, -0.05) is 0 Å². The molecule has 0 heterocycles. The van der Waals surface area contributed by atoms with Crippen molar-refractivity contribution in [2.75, 3.05) is 19.9 Å². The summed E-state index contributed by atoms with van der Waals surface area (Å²) in [5, 5.41) is 7.04. The van der Waals surface area contributed by atoms with Gasteiger partial charge in [0.15, 0.2) is 5.90 Å². The molecule has 0 aliphatic carbocycles. The normalized spacial score (nSPS) is 11.6. The van der Waals surface area contributed by atoms with Gasteiger partial charge in [-0.2, -0.15) is 0 Å². The Morgan fingerprint density at radius 3 is 2.71 bits per heavy atom. The third-order valence-corrected chi connectivity index (χ3v) is 2.88. The van der Waals surface area contributed by atoms with Gasteiger partial charge in [0.25, 0.3) is 0 Å². The van der Waals surface area contributed by atoms with Crippen molar-refractivity contribution < 1.29 is 17.9 Å². The minimum atomic E-state index is -1.92. The van der Waals surface area contributed by atoms with E-state index in [1.165, 1.54) is 14.2 Å². The molecule has 0 saturated heterocycles.